The van der Waals surface area contributed by atoms with Crippen molar-refractivity contribution in [1.29, 1.82) is 0 Å². The third-order valence-electron chi connectivity index (χ3n) is 2.13. The molecule has 0 heterocycles. The van der Waals surface area contributed by atoms with Crippen molar-refractivity contribution in [2.24, 2.45) is 0 Å². The third-order valence-corrected chi connectivity index (χ3v) is 2.13. The van der Waals surface area contributed by atoms with Crippen LogP contribution in [-0.2, 0) is 0 Å². The van der Waals surface area contributed by atoms with E-state index in [0.29, 0.717) is 0 Å². The number of hydrogen-bond donors (Lipinski definition) is 1. The predicted molar refractivity (Wildman–Crippen MR) is 67.0 cm³/mol. The zero-order valence-corrected chi connectivity index (χ0v) is 10.7. The Kier molecular flexibility index (Phi) is 3.83. The van der Waals surface area contributed by atoms with Crippen molar-refractivity contribution in [3.8, 4) is 0 Å². The van der Waals surface area contributed by atoms with E-state index in [4.69, 9.17) is 0 Å². The minimum Gasteiger partial charge on any atom is -0.347 e. The Morgan fingerprint density at radius 1 is 1.11 bits per heavy atom. The lowest BCUT2D eigenvalue weighted by atomic mass is 10.1. The molecule has 8 nitrogen and oxygen atoms in total. The van der Waals surface area contributed by atoms with Crippen LogP contribution < -0.4 is 5.32 Å². The largest absolute Gasteiger partial charge is 0.347 e. The Bertz CT molecular complexity index is 516. The van der Waals surface area contributed by atoms with Crippen LogP contribution in [0.15, 0.2) is 18.2 Å². The smallest absolute Gasteiger partial charge is 0.289 e. The van der Waals surface area contributed by atoms with Crippen molar-refractivity contribution in [1.82, 2.24) is 5.32 Å². The summed E-state index contributed by atoms with van der Waals surface area (Å²) in [5.41, 5.74) is -2.37. The van der Waals surface area contributed by atoms with Gasteiger partial charge in [0.1, 0.15) is 0 Å². The fourth-order valence-electron chi connectivity index (χ4n) is 1.47. The van der Waals surface area contributed by atoms with Gasteiger partial charge >= 0.3 is 0 Å². The lowest BCUT2D eigenvalue weighted by Crippen LogP contribution is -2.41. The molecule has 1 amide bonds. The average Bonchev–Trinajstić information content (AvgIpc) is 2.25. The number of nitro benzene ring substituents is 2. The van der Waals surface area contributed by atoms with E-state index in [-0.39, 0.29) is 0 Å². The van der Waals surface area contributed by atoms with E-state index in [0.717, 1.165) is 12.1 Å². The van der Waals surface area contributed by atoms with Crippen LogP contribution in [0.25, 0.3) is 0 Å². The molecule has 0 aliphatic rings. The molecule has 0 atom stereocenters. The number of hydrogen-bond acceptors (Lipinski definition) is 5. The van der Waals surface area contributed by atoms with Crippen molar-refractivity contribution in [3.63, 3.8) is 0 Å². The van der Waals surface area contributed by atoms with Gasteiger partial charge in [0.25, 0.3) is 17.3 Å². The molecule has 19 heavy (non-hydrogen) atoms. The van der Waals surface area contributed by atoms with E-state index in [9.17, 15) is 25.0 Å². The van der Waals surface area contributed by atoms with Gasteiger partial charge in [-0.2, -0.15) is 0 Å². The summed E-state index contributed by atoms with van der Waals surface area (Å²) in [7, 11) is 0. The van der Waals surface area contributed by atoms with Gasteiger partial charge in [0.05, 0.1) is 9.85 Å². The van der Waals surface area contributed by atoms with Crippen LogP contribution in [0.1, 0.15) is 31.1 Å². The van der Waals surface area contributed by atoms with Crippen LogP contribution in [0.4, 0.5) is 11.4 Å². The van der Waals surface area contributed by atoms with Crippen molar-refractivity contribution < 1.29 is 14.6 Å². The molecule has 0 saturated heterocycles. The zero-order chi connectivity index (χ0) is 14.8. The van der Waals surface area contributed by atoms with Gasteiger partial charge in [-0.3, -0.25) is 25.0 Å². The van der Waals surface area contributed by atoms with E-state index in [1.807, 2.05) is 0 Å². The zero-order valence-electron chi connectivity index (χ0n) is 10.7. The molecule has 1 N–H and O–H groups in total. The normalized spacial score (nSPS) is 10.9. The molecule has 1 aromatic rings. The second-order valence-corrected chi connectivity index (χ2v) is 4.89. The number of nitrogens with one attached hydrogen (secondary N) is 1. The van der Waals surface area contributed by atoms with Crippen molar-refractivity contribution in [2.45, 2.75) is 26.3 Å². The van der Waals surface area contributed by atoms with Crippen molar-refractivity contribution >= 4 is 17.3 Å². The lowest BCUT2D eigenvalue weighted by molar-refractivity contribution is -0.394. The number of rotatable bonds is 3. The van der Waals surface area contributed by atoms with Crippen LogP contribution in [0.5, 0.6) is 0 Å². The van der Waals surface area contributed by atoms with Gasteiger partial charge in [0, 0.05) is 17.7 Å². The second kappa shape index (κ2) is 5.01. The molecule has 1 rings (SSSR count). The molecule has 102 valence electrons. The third kappa shape index (κ3) is 3.47. The fraction of sp³-hybridized carbons (Fsp3) is 0.364. The standard InChI is InChI=1S/C11H13N3O5/c1-11(2,3)12-10(15)9-7(13(16)17)5-4-6-8(9)14(18)19/h4-6H,1-3H3,(H,12,15). The van der Waals surface area contributed by atoms with Gasteiger partial charge in [-0.05, 0) is 26.8 Å². The fourth-order valence-corrected chi connectivity index (χ4v) is 1.47. The van der Waals surface area contributed by atoms with Gasteiger partial charge in [0.15, 0.2) is 5.56 Å². The van der Waals surface area contributed by atoms with Gasteiger partial charge in [-0.1, -0.05) is 0 Å². The first-order valence-electron chi connectivity index (χ1n) is 5.38. The van der Waals surface area contributed by atoms with Crippen molar-refractivity contribution in [3.05, 3.63) is 44.0 Å². The quantitative estimate of drug-likeness (QED) is 0.664. The maximum atomic E-state index is 12.0. The summed E-state index contributed by atoms with van der Waals surface area (Å²) in [6.45, 7) is 5.02. The Hall–Kier alpha value is -2.51. The molecular formula is C11H13N3O5. The van der Waals surface area contributed by atoms with Crippen LogP contribution >= 0.6 is 0 Å². The lowest BCUT2D eigenvalue weighted by Gasteiger charge is -2.20. The summed E-state index contributed by atoms with van der Waals surface area (Å²) in [6.07, 6.45) is 0. The monoisotopic (exact) mass is 267 g/mol. The first-order valence-corrected chi connectivity index (χ1v) is 5.38. The molecule has 0 aliphatic carbocycles. The number of carbonyl (C=O) groups is 1. The molecule has 0 fully saturated rings. The molecule has 0 aliphatic heterocycles. The average molecular weight is 267 g/mol. The Labute approximate surface area is 108 Å². The number of nitrogens with zero attached hydrogens (tertiary/aromatic N) is 2. The topological polar surface area (TPSA) is 115 Å². The molecule has 0 spiro atoms. The van der Waals surface area contributed by atoms with Crippen LogP contribution in [-0.4, -0.2) is 21.3 Å². The summed E-state index contributed by atoms with van der Waals surface area (Å²) < 4.78 is 0. The highest BCUT2D eigenvalue weighted by atomic mass is 16.6. The maximum absolute atomic E-state index is 12.0. The number of carbonyl (C=O) groups excluding carboxylic acids is 1. The number of nitro groups is 2. The first kappa shape index (κ1) is 14.6. The van der Waals surface area contributed by atoms with Crippen molar-refractivity contribution in [2.75, 3.05) is 0 Å². The van der Waals surface area contributed by atoms with Gasteiger partial charge in [0.2, 0.25) is 0 Å². The molecule has 1 aromatic carbocycles. The van der Waals surface area contributed by atoms with E-state index >= 15 is 0 Å². The van der Waals surface area contributed by atoms with Crippen LogP contribution in [0.2, 0.25) is 0 Å². The summed E-state index contributed by atoms with van der Waals surface area (Å²) >= 11 is 0. The van der Waals surface area contributed by atoms with E-state index in [1.54, 1.807) is 20.8 Å². The van der Waals surface area contributed by atoms with Gasteiger partial charge in [-0.15, -0.1) is 0 Å². The predicted octanol–water partition coefficient (Wildman–Crippen LogP) is 2.03. The van der Waals surface area contributed by atoms with E-state index in [2.05, 4.69) is 5.32 Å². The maximum Gasteiger partial charge on any atom is 0.289 e. The SMILES string of the molecule is CC(C)(C)NC(=O)c1c([N+](=O)[O-])cccc1[N+](=O)[O-]. The second-order valence-electron chi connectivity index (χ2n) is 4.89. The van der Waals surface area contributed by atoms with Gasteiger partial charge < -0.3 is 5.32 Å². The molecular weight excluding hydrogens is 254 g/mol. The van der Waals surface area contributed by atoms with Gasteiger partial charge in [-0.25, -0.2) is 0 Å². The molecule has 8 heteroatoms. The van der Waals surface area contributed by atoms with E-state index < -0.39 is 38.2 Å². The first-order chi connectivity index (χ1) is 8.63. The summed E-state index contributed by atoms with van der Waals surface area (Å²) in [5.74, 6) is -0.841. The number of benzene rings is 1. The Morgan fingerprint density at radius 3 is 1.84 bits per heavy atom. The highest BCUT2D eigenvalue weighted by Gasteiger charge is 2.31. The number of amides is 1. The minimum atomic E-state index is -0.841. The highest BCUT2D eigenvalue weighted by molar-refractivity contribution is 6.02. The highest BCUT2D eigenvalue weighted by Crippen LogP contribution is 2.28. The molecule has 0 bridgehead atoms. The summed E-state index contributed by atoms with van der Waals surface area (Å²) in [6, 6.07) is 3.29. The molecule has 0 aromatic heterocycles. The minimum absolute atomic E-state index is 0.535. The Balaban J connectivity index is 3.41. The summed E-state index contributed by atoms with van der Waals surface area (Å²) in [5, 5.41) is 24.2. The van der Waals surface area contributed by atoms with E-state index in [1.165, 1.54) is 6.07 Å². The summed E-state index contributed by atoms with van der Waals surface area (Å²) in [4.78, 5) is 32.1. The molecule has 0 radical (unpaired) electrons. The van der Waals surface area contributed by atoms with Crippen LogP contribution in [0, 0.1) is 20.2 Å². The molecule has 0 saturated carbocycles. The van der Waals surface area contributed by atoms with Crippen LogP contribution in [0.3, 0.4) is 0 Å². The molecule has 0 unspecified atom stereocenters. The Morgan fingerprint density at radius 2 is 1.53 bits per heavy atom.